The van der Waals surface area contributed by atoms with Crippen LogP contribution >= 0.6 is 12.2 Å². The summed E-state index contributed by atoms with van der Waals surface area (Å²) in [5.74, 6) is 0. The first-order valence-electron chi connectivity index (χ1n) is 6.14. The molecule has 3 rings (SSSR count). The van der Waals surface area contributed by atoms with E-state index in [9.17, 15) is 0 Å². The third-order valence-corrected chi connectivity index (χ3v) is 3.49. The molecule has 1 N–H and O–H groups in total. The Kier molecular flexibility index (Phi) is 2.91. The van der Waals surface area contributed by atoms with Crippen LogP contribution in [0.25, 0.3) is 11.2 Å². The third kappa shape index (κ3) is 2.06. The lowest BCUT2D eigenvalue weighted by Crippen LogP contribution is -2.09. The van der Waals surface area contributed by atoms with E-state index in [-0.39, 0.29) is 6.04 Å². The summed E-state index contributed by atoms with van der Waals surface area (Å²) < 4.78 is 2.68. The molecule has 0 aliphatic carbocycles. The molecule has 3 aromatic rings. The van der Waals surface area contributed by atoms with Crippen LogP contribution in [0.4, 0.5) is 0 Å². The maximum atomic E-state index is 5.41. The Balaban J connectivity index is 2.20. The van der Waals surface area contributed by atoms with Crippen molar-refractivity contribution >= 4 is 23.4 Å². The number of pyridine rings is 2. The standard InChI is InChI=1S/C14H14N4S/c1-9-7-12-13(16-8-9)18(14(19)17-12)10(2)11-5-3-4-6-15-11/h3-8,10H,1-2H3,(H,17,19). The fourth-order valence-corrected chi connectivity index (χ4v) is 2.59. The summed E-state index contributed by atoms with van der Waals surface area (Å²) in [7, 11) is 0. The number of aryl methyl sites for hydroxylation is 1. The van der Waals surface area contributed by atoms with Crippen molar-refractivity contribution in [3.05, 3.63) is 52.7 Å². The number of rotatable bonds is 2. The van der Waals surface area contributed by atoms with Crippen LogP contribution in [0.3, 0.4) is 0 Å². The Morgan fingerprint density at radius 3 is 2.89 bits per heavy atom. The molecular weight excluding hydrogens is 256 g/mol. The first kappa shape index (κ1) is 12.0. The van der Waals surface area contributed by atoms with Gasteiger partial charge in [0, 0.05) is 12.4 Å². The molecule has 96 valence electrons. The number of imidazole rings is 1. The van der Waals surface area contributed by atoms with Gasteiger partial charge in [0.05, 0.1) is 17.3 Å². The largest absolute Gasteiger partial charge is 0.329 e. The lowest BCUT2D eigenvalue weighted by atomic mass is 10.2. The van der Waals surface area contributed by atoms with E-state index in [1.54, 1.807) is 6.20 Å². The quantitative estimate of drug-likeness (QED) is 0.726. The fraction of sp³-hybridized carbons (Fsp3) is 0.214. The van der Waals surface area contributed by atoms with Crippen LogP contribution in [0, 0.1) is 11.7 Å². The number of aromatic amines is 1. The molecule has 0 saturated heterocycles. The third-order valence-electron chi connectivity index (χ3n) is 3.20. The molecule has 4 nitrogen and oxygen atoms in total. The second kappa shape index (κ2) is 4.59. The zero-order valence-electron chi connectivity index (χ0n) is 10.8. The molecule has 0 aliphatic heterocycles. The van der Waals surface area contributed by atoms with Crippen molar-refractivity contribution in [3.63, 3.8) is 0 Å². The zero-order chi connectivity index (χ0) is 13.4. The van der Waals surface area contributed by atoms with Crippen molar-refractivity contribution in [1.82, 2.24) is 19.5 Å². The van der Waals surface area contributed by atoms with Gasteiger partial charge in [-0.1, -0.05) is 6.07 Å². The molecule has 0 spiro atoms. The monoisotopic (exact) mass is 270 g/mol. The number of nitrogens with one attached hydrogen (secondary N) is 1. The SMILES string of the molecule is Cc1cnc2c(c1)[nH]c(=S)n2C(C)c1ccccn1. The van der Waals surface area contributed by atoms with Gasteiger partial charge in [0.15, 0.2) is 10.4 Å². The summed E-state index contributed by atoms with van der Waals surface area (Å²) in [6.45, 7) is 4.09. The lowest BCUT2D eigenvalue weighted by Gasteiger charge is -2.13. The Bertz CT molecular complexity index is 773. The molecule has 0 amide bonds. The summed E-state index contributed by atoms with van der Waals surface area (Å²) >= 11 is 5.41. The topological polar surface area (TPSA) is 46.5 Å². The Labute approximate surface area is 116 Å². The number of fused-ring (bicyclic) bond motifs is 1. The molecule has 0 saturated carbocycles. The molecule has 0 radical (unpaired) electrons. The van der Waals surface area contributed by atoms with Crippen LogP contribution in [0.2, 0.25) is 0 Å². The van der Waals surface area contributed by atoms with Crippen LogP contribution in [-0.2, 0) is 0 Å². The number of hydrogen-bond acceptors (Lipinski definition) is 3. The zero-order valence-corrected chi connectivity index (χ0v) is 11.6. The van der Waals surface area contributed by atoms with Crippen molar-refractivity contribution in [2.75, 3.05) is 0 Å². The van der Waals surface area contributed by atoms with E-state index in [1.165, 1.54) is 0 Å². The maximum Gasteiger partial charge on any atom is 0.179 e. The molecule has 19 heavy (non-hydrogen) atoms. The number of hydrogen-bond donors (Lipinski definition) is 1. The van der Waals surface area contributed by atoms with Gasteiger partial charge in [-0.3, -0.25) is 9.55 Å². The van der Waals surface area contributed by atoms with E-state index in [2.05, 4.69) is 27.9 Å². The normalized spacial score (nSPS) is 12.7. The van der Waals surface area contributed by atoms with Crippen molar-refractivity contribution in [1.29, 1.82) is 0 Å². The minimum Gasteiger partial charge on any atom is -0.329 e. The van der Waals surface area contributed by atoms with E-state index in [0.717, 1.165) is 22.4 Å². The minimum absolute atomic E-state index is 0.0534. The van der Waals surface area contributed by atoms with Gasteiger partial charge in [-0.05, 0) is 49.8 Å². The van der Waals surface area contributed by atoms with Gasteiger partial charge in [-0.2, -0.15) is 0 Å². The van der Waals surface area contributed by atoms with Crippen LogP contribution < -0.4 is 0 Å². The van der Waals surface area contributed by atoms with E-state index in [0.29, 0.717) is 4.77 Å². The molecular formula is C14H14N4S. The van der Waals surface area contributed by atoms with E-state index in [1.807, 2.05) is 35.9 Å². The fourth-order valence-electron chi connectivity index (χ4n) is 2.23. The van der Waals surface area contributed by atoms with Crippen LogP contribution in [0.5, 0.6) is 0 Å². The molecule has 0 fully saturated rings. The molecule has 3 heterocycles. The van der Waals surface area contributed by atoms with E-state index in [4.69, 9.17) is 12.2 Å². The highest BCUT2D eigenvalue weighted by molar-refractivity contribution is 7.71. The molecule has 1 unspecified atom stereocenters. The second-order valence-corrected chi connectivity index (χ2v) is 5.00. The number of aromatic nitrogens is 4. The number of nitrogens with zero attached hydrogens (tertiary/aromatic N) is 3. The molecule has 0 aromatic carbocycles. The summed E-state index contributed by atoms with van der Waals surface area (Å²) in [4.78, 5) is 12.1. The minimum atomic E-state index is 0.0534. The molecule has 3 aromatic heterocycles. The highest BCUT2D eigenvalue weighted by atomic mass is 32.1. The van der Waals surface area contributed by atoms with E-state index >= 15 is 0 Å². The van der Waals surface area contributed by atoms with Gasteiger partial charge >= 0.3 is 0 Å². The van der Waals surface area contributed by atoms with Crippen LogP contribution in [0.15, 0.2) is 36.7 Å². The molecule has 0 bridgehead atoms. The van der Waals surface area contributed by atoms with Crippen molar-refractivity contribution in [2.24, 2.45) is 0 Å². The highest BCUT2D eigenvalue weighted by Gasteiger charge is 2.14. The Morgan fingerprint density at radius 1 is 1.32 bits per heavy atom. The smallest absolute Gasteiger partial charge is 0.179 e. The van der Waals surface area contributed by atoms with Gasteiger partial charge in [0.1, 0.15) is 0 Å². The average molecular weight is 270 g/mol. The van der Waals surface area contributed by atoms with E-state index < -0.39 is 0 Å². The summed E-state index contributed by atoms with van der Waals surface area (Å²) in [5.41, 5.74) is 3.92. The Morgan fingerprint density at radius 2 is 2.16 bits per heavy atom. The van der Waals surface area contributed by atoms with Crippen LogP contribution in [0.1, 0.15) is 24.2 Å². The first-order valence-corrected chi connectivity index (χ1v) is 6.55. The van der Waals surface area contributed by atoms with Crippen molar-refractivity contribution < 1.29 is 0 Å². The first-order chi connectivity index (χ1) is 9.16. The molecule has 0 aliphatic rings. The number of H-pyrrole nitrogens is 1. The predicted octanol–water partition coefficient (Wildman–Crippen LogP) is 3.41. The van der Waals surface area contributed by atoms with Gasteiger partial charge < -0.3 is 4.98 Å². The van der Waals surface area contributed by atoms with Crippen molar-refractivity contribution in [3.8, 4) is 0 Å². The molecule has 1 atom stereocenters. The highest BCUT2D eigenvalue weighted by Crippen LogP contribution is 2.22. The maximum absolute atomic E-state index is 5.41. The summed E-state index contributed by atoms with van der Waals surface area (Å²) in [6, 6.07) is 8.00. The van der Waals surface area contributed by atoms with Crippen molar-refractivity contribution in [2.45, 2.75) is 19.9 Å². The summed E-state index contributed by atoms with van der Waals surface area (Å²) in [5, 5.41) is 0. The second-order valence-electron chi connectivity index (χ2n) is 4.61. The molecule has 5 heteroatoms. The summed E-state index contributed by atoms with van der Waals surface area (Å²) in [6.07, 6.45) is 3.65. The van der Waals surface area contributed by atoms with Gasteiger partial charge in [-0.25, -0.2) is 4.98 Å². The average Bonchev–Trinajstić information content (AvgIpc) is 2.74. The Hall–Kier alpha value is -2.01. The lowest BCUT2D eigenvalue weighted by molar-refractivity contribution is 0.625. The van der Waals surface area contributed by atoms with Gasteiger partial charge in [0.25, 0.3) is 0 Å². The van der Waals surface area contributed by atoms with Crippen LogP contribution in [-0.4, -0.2) is 19.5 Å². The van der Waals surface area contributed by atoms with Gasteiger partial charge in [0.2, 0.25) is 0 Å². The van der Waals surface area contributed by atoms with Gasteiger partial charge in [-0.15, -0.1) is 0 Å². The predicted molar refractivity (Wildman–Crippen MR) is 77.7 cm³/mol.